The lowest BCUT2D eigenvalue weighted by Crippen LogP contribution is -2.11. The zero-order chi connectivity index (χ0) is 13.8. The van der Waals surface area contributed by atoms with E-state index in [0.717, 1.165) is 6.54 Å². The van der Waals surface area contributed by atoms with Gasteiger partial charge in [-0.25, -0.2) is 0 Å². The van der Waals surface area contributed by atoms with Gasteiger partial charge in [0.05, 0.1) is 0 Å². The van der Waals surface area contributed by atoms with Crippen molar-refractivity contribution < 1.29 is 0 Å². The van der Waals surface area contributed by atoms with E-state index in [0.29, 0.717) is 0 Å². The molecule has 0 amide bonds. The van der Waals surface area contributed by atoms with Crippen LogP contribution in [-0.2, 0) is 6.54 Å². The van der Waals surface area contributed by atoms with Crippen molar-refractivity contribution in [3.63, 3.8) is 0 Å². The van der Waals surface area contributed by atoms with Crippen molar-refractivity contribution in [2.24, 2.45) is 5.73 Å². The number of nitrogens with zero attached hydrogens (tertiary/aromatic N) is 1. The number of nitrogens with two attached hydrogens (primary N) is 1. The highest BCUT2D eigenvalue weighted by Crippen LogP contribution is 2.25. The van der Waals surface area contributed by atoms with Crippen molar-refractivity contribution in [2.75, 3.05) is 14.1 Å². The maximum absolute atomic E-state index is 5.89. The van der Waals surface area contributed by atoms with E-state index < -0.39 is 0 Å². The lowest BCUT2D eigenvalue weighted by Gasteiger charge is -2.15. The van der Waals surface area contributed by atoms with Gasteiger partial charge in [-0.3, -0.25) is 0 Å². The first-order chi connectivity index (χ1) is 9.08. The minimum absolute atomic E-state index is 0.0890. The molecule has 0 unspecified atom stereocenters. The Kier molecular flexibility index (Phi) is 4.35. The van der Waals surface area contributed by atoms with E-state index in [1.807, 2.05) is 6.92 Å². The number of benzene rings is 2. The van der Waals surface area contributed by atoms with Crippen molar-refractivity contribution in [1.29, 1.82) is 0 Å². The molecular formula is C17H22N2. The van der Waals surface area contributed by atoms with Crippen molar-refractivity contribution in [3.8, 4) is 11.1 Å². The summed E-state index contributed by atoms with van der Waals surface area (Å²) >= 11 is 0. The molecule has 2 rings (SSSR count). The Morgan fingerprint density at radius 3 is 2.21 bits per heavy atom. The van der Waals surface area contributed by atoms with Crippen LogP contribution in [0.1, 0.15) is 24.1 Å². The van der Waals surface area contributed by atoms with Crippen LogP contribution >= 0.6 is 0 Å². The van der Waals surface area contributed by atoms with Gasteiger partial charge in [0.2, 0.25) is 0 Å². The molecule has 2 N–H and O–H groups in total. The average molecular weight is 254 g/mol. The monoisotopic (exact) mass is 254 g/mol. The molecule has 2 heteroatoms. The smallest absolute Gasteiger partial charge is 0.0266 e. The standard InChI is InChI=1S/C17H22N2/c1-13(18)14-8-10-15(11-9-14)17-7-5-4-6-16(17)12-19(2)3/h4-11,13H,12,18H2,1-3H3/t13-/m1/s1. The fourth-order valence-corrected chi connectivity index (χ4v) is 2.25. The second-order valence-electron chi connectivity index (χ2n) is 5.31. The SMILES string of the molecule is C[C@@H](N)c1ccc(-c2ccccc2CN(C)C)cc1. The van der Waals surface area contributed by atoms with Crippen LogP contribution in [0, 0.1) is 0 Å². The Bertz CT molecular complexity index is 527. The minimum atomic E-state index is 0.0890. The molecule has 0 spiro atoms. The highest BCUT2D eigenvalue weighted by molar-refractivity contribution is 5.67. The Labute approximate surface area is 115 Å². The van der Waals surface area contributed by atoms with Gasteiger partial charge in [0.15, 0.2) is 0 Å². The van der Waals surface area contributed by atoms with Gasteiger partial charge in [-0.05, 0) is 43.3 Å². The summed E-state index contributed by atoms with van der Waals surface area (Å²) < 4.78 is 0. The first kappa shape index (κ1) is 13.8. The van der Waals surface area contributed by atoms with Gasteiger partial charge in [-0.15, -0.1) is 0 Å². The van der Waals surface area contributed by atoms with Crippen LogP contribution in [-0.4, -0.2) is 19.0 Å². The Balaban J connectivity index is 2.35. The van der Waals surface area contributed by atoms with Crippen molar-refractivity contribution in [2.45, 2.75) is 19.5 Å². The second-order valence-corrected chi connectivity index (χ2v) is 5.31. The maximum Gasteiger partial charge on any atom is 0.0266 e. The zero-order valence-electron chi connectivity index (χ0n) is 11.9. The van der Waals surface area contributed by atoms with Crippen molar-refractivity contribution in [1.82, 2.24) is 4.90 Å². The normalized spacial score (nSPS) is 12.7. The molecule has 0 fully saturated rings. The molecule has 2 aromatic carbocycles. The summed E-state index contributed by atoms with van der Waals surface area (Å²) in [4.78, 5) is 2.19. The lowest BCUT2D eigenvalue weighted by molar-refractivity contribution is 0.403. The number of hydrogen-bond donors (Lipinski definition) is 1. The predicted octanol–water partition coefficient (Wildman–Crippen LogP) is 3.43. The first-order valence-corrected chi connectivity index (χ1v) is 6.66. The summed E-state index contributed by atoms with van der Waals surface area (Å²) in [6, 6.07) is 17.2. The Morgan fingerprint density at radius 1 is 1.00 bits per heavy atom. The van der Waals surface area contributed by atoms with Crippen LogP contribution in [0.15, 0.2) is 48.5 Å². The third kappa shape index (κ3) is 3.43. The summed E-state index contributed by atoms with van der Waals surface area (Å²) in [5, 5.41) is 0. The third-order valence-corrected chi connectivity index (χ3v) is 3.25. The lowest BCUT2D eigenvalue weighted by atomic mass is 9.97. The fraction of sp³-hybridized carbons (Fsp3) is 0.294. The van der Waals surface area contributed by atoms with Gasteiger partial charge in [-0.1, -0.05) is 48.5 Å². The van der Waals surface area contributed by atoms with Gasteiger partial charge in [-0.2, -0.15) is 0 Å². The van der Waals surface area contributed by atoms with Crippen LogP contribution in [0.2, 0.25) is 0 Å². The van der Waals surface area contributed by atoms with Crippen LogP contribution in [0.5, 0.6) is 0 Å². The van der Waals surface area contributed by atoms with Crippen LogP contribution < -0.4 is 5.73 Å². The molecule has 0 saturated carbocycles. The number of rotatable bonds is 4. The Hall–Kier alpha value is -1.64. The van der Waals surface area contributed by atoms with E-state index >= 15 is 0 Å². The summed E-state index contributed by atoms with van der Waals surface area (Å²) in [5.74, 6) is 0. The molecule has 100 valence electrons. The second kappa shape index (κ2) is 6.00. The molecule has 0 bridgehead atoms. The summed E-state index contributed by atoms with van der Waals surface area (Å²) in [6.45, 7) is 2.96. The van der Waals surface area contributed by atoms with Gasteiger partial charge < -0.3 is 10.6 Å². The molecule has 19 heavy (non-hydrogen) atoms. The third-order valence-electron chi connectivity index (χ3n) is 3.25. The largest absolute Gasteiger partial charge is 0.324 e. The van der Waals surface area contributed by atoms with E-state index in [1.54, 1.807) is 0 Å². The molecule has 0 aliphatic heterocycles. The molecule has 0 heterocycles. The molecule has 0 radical (unpaired) electrons. The van der Waals surface area contributed by atoms with Gasteiger partial charge in [0, 0.05) is 12.6 Å². The molecule has 2 nitrogen and oxygen atoms in total. The van der Waals surface area contributed by atoms with Gasteiger partial charge in [0.1, 0.15) is 0 Å². The van der Waals surface area contributed by atoms with Gasteiger partial charge in [0.25, 0.3) is 0 Å². The average Bonchev–Trinajstić information content (AvgIpc) is 2.39. The van der Waals surface area contributed by atoms with E-state index in [9.17, 15) is 0 Å². The van der Waals surface area contributed by atoms with E-state index in [4.69, 9.17) is 5.73 Å². The van der Waals surface area contributed by atoms with Crippen LogP contribution in [0.3, 0.4) is 0 Å². The fourth-order valence-electron chi connectivity index (χ4n) is 2.25. The Morgan fingerprint density at radius 2 is 1.63 bits per heavy atom. The summed E-state index contributed by atoms with van der Waals surface area (Å²) in [5.41, 5.74) is 11.0. The van der Waals surface area contributed by atoms with E-state index in [1.165, 1.54) is 22.3 Å². The highest BCUT2D eigenvalue weighted by atomic mass is 15.0. The van der Waals surface area contributed by atoms with E-state index in [-0.39, 0.29) is 6.04 Å². The topological polar surface area (TPSA) is 29.3 Å². The first-order valence-electron chi connectivity index (χ1n) is 6.66. The molecule has 0 aliphatic carbocycles. The summed E-state index contributed by atoms with van der Waals surface area (Å²) in [6.07, 6.45) is 0. The maximum atomic E-state index is 5.89. The zero-order valence-corrected chi connectivity index (χ0v) is 11.9. The van der Waals surface area contributed by atoms with E-state index in [2.05, 4.69) is 67.5 Å². The number of hydrogen-bond acceptors (Lipinski definition) is 2. The van der Waals surface area contributed by atoms with Crippen LogP contribution in [0.25, 0.3) is 11.1 Å². The predicted molar refractivity (Wildman–Crippen MR) is 81.9 cm³/mol. The molecule has 0 aliphatic rings. The van der Waals surface area contributed by atoms with Crippen LogP contribution in [0.4, 0.5) is 0 Å². The summed E-state index contributed by atoms with van der Waals surface area (Å²) in [7, 11) is 4.19. The van der Waals surface area contributed by atoms with Crippen molar-refractivity contribution in [3.05, 3.63) is 59.7 Å². The molecule has 2 aromatic rings. The quantitative estimate of drug-likeness (QED) is 0.905. The molecule has 1 atom stereocenters. The van der Waals surface area contributed by atoms with Gasteiger partial charge >= 0.3 is 0 Å². The molecular weight excluding hydrogens is 232 g/mol. The minimum Gasteiger partial charge on any atom is -0.324 e. The van der Waals surface area contributed by atoms with Crippen molar-refractivity contribution >= 4 is 0 Å². The molecule has 0 saturated heterocycles. The highest BCUT2D eigenvalue weighted by Gasteiger charge is 2.06. The molecule has 0 aromatic heterocycles.